The smallest absolute Gasteiger partial charge is 0.287 e. The maximum absolute atomic E-state index is 14.5. The molecule has 0 aliphatic rings. The number of hydrogen-bond acceptors (Lipinski definition) is 8. The number of carbonyl (C=O) groups is 3. The van der Waals surface area contributed by atoms with Crippen LogP contribution in [0.5, 0.6) is 5.88 Å². The molecule has 0 saturated carbocycles. The van der Waals surface area contributed by atoms with Gasteiger partial charge < -0.3 is 19.9 Å². The van der Waals surface area contributed by atoms with Crippen molar-refractivity contribution in [1.82, 2.24) is 24.2 Å². The highest BCUT2D eigenvalue weighted by Gasteiger charge is 2.37. The molecule has 3 aromatic heterocycles. The molecule has 3 heterocycles. The second kappa shape index (κ2) is 12.5. The molecule has 44 heavy (non-hydrogen) atoms. The van der Waals surface area contributed by atoms with Crippen LogP contribution in [0, 0.1) is 5.82 Å². The molecule has 13 heteroatoms. The Labute approximate surface area is 261 Å². The molecule has 226 valence electrons. The number of amides is 2. The zero-order valence-electron chi connectivity index (χ0n) is 24.3. The monoisotopic (exact) mass is 634 g/mol. The van der Waals surface area contributed by atoms with Crippen LogP contribution in [-0.4, -0.2) is 43.6 Å². The summed E-state index contributed by atoms with van der Waals surface area (Å²) < 4.78 is 26.2. The molecule has 2 amide bonds. The lowest BCUT2D eigenvalue weighted by Crippen LogP contribution is -2.31. The Balaban J connectivity index is 1.61. The van der Waals surface area contributed by atoms with E-state index in [0.717, 1.165) is 4.70 Å². The number of halogens is 2. The van der Waals surface area contributed by atoms with E-state index in [1.54, 1.807) is 44.3 Å². The highest BCUT2D eigenvalue weighted by atomic mass is 35.5. The molecule has 0 saturated heterocycles. The van der Waals surface area contributed by atoms with Crippen LogP contribution >= 0.6 is 23.1 Å². The third-order valence-electron chi connectivity index (χ3n) is 7.03. The lowest BCUT2D eigenvalue weighted by Gasteiger charge is -2.29. The summed E-state index contributed by atoms with van der Waals surface area (Å²) in [6, 6.07) is 14.6. The molecule has 0 bridgehead atoms. The predicted molar refractivity (Wildman–Crippen MR) is 166 cm³/mol. The molecular formula is C31H28ClFN6O4S. The molecule has 2 N–H and O–H groups in total. The van der Waals surface area contributed by atoms with Crippen LogP contribution < -0.4 is 15.4 Å². The first-order valence-corrected chi connectivity index (χ1v) is 14.6. The van der Waals surface area contributed by atoms with Crippen molar-refractivity contribution in [2.75, 3.05) is 12.4 Å². The summed E-state index contributed by atoms with van der Waals surface area (Å²) in [6.07, 6.45) is 1.56. The minimum Gasteiger partial charge on any atom is -0.481 e. The Morgan fingerprint density at radius 2 is 1.86 bits per heavy atom. The van der Waals surface area contributed by atoms with Crippen LogP contribution in [0.15, 0.2) is 60.8 Å². The van der Waals surface area contributed by atoms with Crippen LogP contribution in [0.2, 0.25) is 5.02 Å². The van der Waals surface area contributed by atoms with E-state index in [0.29, 0.717) is 22.4 Å². The fraction of sp³-hybridized carbons (Fsp3) is 0.226. The molecule has 0 spiro atoms. The number of nitrogens with zero attached hydrogens (tertiary/aromatic N) is 4. The summed E-state index contributed by atoms with van der Waals surface area (Å²) in [6.45, 7) is 4.72. The minimum atomic E-state index is -1.15. The Morgan fingerprint density at radius 1 is 1.09 bits per heavy atom. The van der Waals surface area contributed by atoms with Crippen LogP contribution in [0.1, 0.15) is 58.7 Å². The Bertz CT molecular complexity index is 1890. The zero-order valence-corrected chi connectivity index (χ0v) is 25.8. The Hall–Kier alpha value is -4.68. The van der Waals surface area contributed by atoms with Gasteiger partial charge in [0, 0.05) is 34.6 Å². The largest absolute Gasteiger partial charge is 0.481 e. The summed E-state index contributed by atoms with van der Waals surface area (Å²) in [5.41, 5.74) is 0.378. The zero-order chi connectivity index (χ0) is 31.6. The normalized spacial score (nSPS) is 11.4. The maximum atomic E-state index is 14.5. The first-order chi connectivity index (χ1) is 21.0. The highest BCUT2D eigenvalue weighted by Crippen LogP contribution is 2.40. The second-order valence-electron chi connectivity index (χ2n) is 10.5. The number of carbonyl (C=O) groups excluding carboxylic acids is 3. The summed E-state index contributed by atoms with van der Waals surface area (Å²) in [5.74, 6) is -1.67. The predicted octanol–water partition coefficient (Wildman–Crippen LogP) is 5.79. The van der Waals surface area contributed by atoms with Gasteiger partial charge in [0.1, 0.15) is 17.3 Å². The van der Waals surface area contributed by atoms with Crippen LogP contribution in [-0.2, 0) is 23.3 Å². The number of Topliss-reactive ketones (excluding diaryl/α,β-unsaturated/α-hetero) is 1. The van der Waals surface area contributed by atoms with Crippen molar-refractivity contribution in [2.45, 2.75) is 39.3 Å². The van der Waals surface area contributed by atoms with E-state index in [4.69, 9.17) is 16.3 Å². The summed E-state index contributed by atoms with van der Waals surface area (Å²) in [4.78, 5) is 48.5. The number of ether oxygens (including phenoxy) is 1. The fourth-order valence-electron chi connectivity index (χ4n) is 4.94. The van der Waals surface area contributed by atoms with E-state index in [1.165, 1.54) is 48.3 Å². The van der Waals surface area contributed by atoms with E-state index in [2.05, 4.69) is 25.0 Å². The number of methoxy groups -OCH3 is 1. The molecule has 0 atom stereocenters. The quantitative estimate of drug-likeness (QED) is 0.199. The molecule has 0 aliphatic heterocycles. The SMILES string of the molecule is COc1ccc(CNC(=O)c2nc(NC(=O)c3nsc4ccccc34)c(C(C)(C)c3cc(F)ccc3Cl)n2CC(C)=O)cn1. The van der Waals surface area contributed by atoms with Gasteiger partial charge in [0.15, 0.2) is 5.82 Å². The standard InChI is InChI=1S/C31H28ClFN6O4S/c1-17(40)16-39-26(31(2,3)21-13-19(33)10-11-22(21)32)27(37-29(41)25-20-7-5-6-8-23(20)44-38-25)36-28(39)30(42)35-15-18-9-12-24(43-4)34-14-18/h5-14H,15-16H2,1-4H3,(H,35,42)(H,37,41). The van der Waals surface area contributed by atoms with Gasteiger partial charge in [-0.05, 0) is 53.8 Å². The van der Waals surface area contributed by atoms with Crippen molar-refractivity contribution in [3.05, 3.63) is 100.0 Å². The van der Waals surface area contributed by atoms with E-state index in [1.807, 2.05) is 12.1 Å². The van der Waals surface area contributed by atoms with Gasteiger partial charge in [-0.1, -0.05) is 49.7 Å². The number of aromatic nitrogens is 4. The number of ketones is 1. The fourth-order valence-corrected chi connectivity index (χ4v) is 6.07. The van der Waals surface area contributed by atoms with Gasteiger partial charge >= 0.3 is 0 Å². The topological polar surface area (TPSA) is 128 Å². The molecule has 0 aliphatic carbocycles. The molecule has 5 aromatic rings. The third-order valence-corrected chi connectivity index (χ3v) is 8.19. The Morgan fingerprint density at radius 3 is 2.57 bits per heavy atom. The van der Waals surface area contributed by atoms with Gasteiger partial charge in [-0.3, -0.25) is 14.4 Å². The summed E-state index contributed by atoms with van der Waals surface area (Å²) >= 11 is 7.72. The van der Waals surface area contributed by atoms with Crippen molar-refractivity contribution >= 4 is 56.6 Å². The third kappa shape index (κ3) is 6.17. The van der Waals surface area contributed by atoms with Gasteiger partial charge in [-0.15, -0.1) is 0 Å². The lowest BCUT2D eigenvalue weighted by atomic mass is 9.80. The second-order valence-corrected chi connectivity index (χ2v) is 11.8. The molecule has 2 aromatic carbocycles. The molecule has 10 nitrogen and oxygen atoms in total. The van der Waals surface area contributed by atoms with E-state index in [9.17, 15) is 18.8 Å². The van der Waals surface area contributed by atoms with E-state index >= 15 is 0 Å². The van der Waals surface area contributed by atoms with Gasteiger partial charge in [-0.25, -0.2) is 14.4 Å². The number of pyridine rings is 1. The highest BCUT2D eigenvalue weighted by molar-refractivity contribution is 7.13. The first-order valence-electron chi connectivity index (χ1n) is 13.5. The van der Waals surface area contributed by atoms with Crippen molar-refractivity contribution in [3.8, 4) is 5.88 Å². The van der Waals surface area contributed by atoms with E-state index in [-0.39, 0.29) is 46.9 Å². The molecule has 0 fully saturated rings. The van der Waals surface area contributed by atoms with E-state index < -0.39 is 23.0 Å². The number of imidazole rings is 1. The number of fused-ring (bicyclic) bond motifs is 1. The van der Waals surface area contributed by atoms with Crippen LogP contribution in [0.4, 0.5) is 10.2 Å². The van der Waals surface area contributed by atoms with Crippen LogP contribution in [0.3, 0.4) is 0 Å². The molecule has 5 rings (SSSR count). The van der Waals surface area contributed by atoms with Crippen molar-refractivity contribution < 1.29 is 23.5 Å². The average molecular weight is 635 g/mol. The molecule has 0 radical (unpaired) electrons. The molecule has 0 unspecified atom stereocenters. The number of benzene rings is 2. The lowest BCUT2D eigenvalue weighted by molar-refractivity contribution is -0.117. The number of nitrogens with one attached hydrogen (secondary N) is 2. The van der Waals surface area contributed by atoms with Crippen LogP contribution in [0.25, 0.3) is 10.1 Å². The summed E-state index contributed by atoms with van der Waals surface area (Å²) in [7, 11) is 1.50. The van der Waals surface area contributed by atoms with Gasteiger partial charge in [0.2, 0.25) is 11.7 Å². The average Bonchev–Trinajstić information content (AvgIpc) is 3.59. The number of anilines is 1. The van der Waals surface area contributed by atoms with Crippen molar-refractivity contribution in [1.29, 1.82) is 0 Å². The van der Waals surface area contributed by atoms with Crippen molar-refractivity contribution in [2.24, 2.45) is 0 Å². The summed E-state index contributed by atoms with van der Waals surface area (Å²) in [5, 5.41) is 6.52. The number of rotatable bonds is 10. The van der Waals surface area contributed by atoms with Gasteiger partial charge in [0.05, 0.1) is 24.0 Å². The van der Waals surface area contributed by atoms with Gasteiger partial charge in [0.25, 0.3) is 11.8 Å². The maximum Gasteiger partial charge on any atom is 0.287 e. The van der Waals surface area contributed by atoms with Gasteiger partial charge in [-0.2, -0.15) is 4.37 Å². The minimum absolute atomic E-state index is 0.00919. The Kier molecular flexibility index (Phi) is 8.75. The molecular weight excluding hydrogens is 607 g/mol. The van der Waals surface area contributed by atoms with Crippen molar-refractivity contribution in [3.63, 3.8) is 0 Å². The first kappa shape index (κ1) is 30.8. The number of hydrogen-bond donors (Lipinski definition) is 2.